The van der Waals surface area contributed by atoms with Crippen molar-refractivity contribution in [2.24, 2.45) is 5.92 Å². The lowest BCUT2D eigenvalue weighted by atomic mass is 9.92. The predicted octanol–water partition coefficient (Wildman–Crippen LogP) is 2.74. The van der Waals surface area contributed by atoms with Gasteiger partial charge < -0.3 is 19.4 Å². The topological polar surface area (TPSA) is 96.5 Å². The molecule has 8 heteroatoms. The molecule has 29 heavy (non-hydrogen) atoms. The molecule has 1 saturated heterocycles. The van der Waals surface area contributed by atoms with E-state index >= 15 is 0 Å². The Morgan fingerprint density at radius 1 is 1.17 bits per heavy atom. The number of rotatable bonds is 5. The van der Waals surface area contributed by atoms with Crippen molar-refractivity contribution in [2.75, 3.05) is 26.6 Å². The lowest BCUT2D eigenvalue weighted by molar-refractivity contribution is -0.128. The Labute approximate surface area is 167 Å². The number of nitrogens with one attached hydrogen (secondary N) is 2. The van der Waals surface area contributed by atoms with E-state index in [9.17, 15) is 9.59 Å². The number of H-pyrrole nitrogens is 1. The minimum absolute atomic E-state index is 0.105. The van der Waals surface area contributed by atoms with Crippen LogP contribution in [0.15, 0.2) is 42.5 Å². The van der Waals surface area contributed by atoms with E-state index in [2.05, 4.69) is 15.3 Å². The second-order valence-corrected chi connectivity index (χ2v) is 6.93. The number of hydrogen-bond donors (Lipinski definition) is 2. The van der Waals surface area contributed by atoms with Gasteiger partial charge in [-0.05, 0) is 18.2 Å². The van der Waals surface area contributed by atoms with E-state index in [1.54, 1.807) is 32.2 Å². The average molecular weight is 394 g/mol. The van der Waals surface area contributed by atoms with Crippen LogP contribution in [0.2, 0.25) is 0 Å². The van der Waals surface area contributed by atoms with Gasteiger partial charge in [0.1, 0.15) is 0 Å². The molecule has 0 spiro atoms. The Morgan fingerprint density at radius 2 is 1.97 bits per heavy atom. The number of methoxy groups -OCH3 is 2. The molecule has 2 aromatic carbocycles. The van der Waals surface area contributed by atoms with Crippen LogP contribution in [0, 0.1) is 5.92 Å². The summed E-state index contributed by atoms with van der Waals surface area (Å²) in [5.41, 5.74) is 2.31. The van der Waals surface area contributed by atoms with Crippen molar-refractivity contribution < 1.29 is 19.1 Å². The van der Waals surface area contributed by atoms with Crippen molar-refractivity contribution in [1.82, 2.24) is 14.9 Å². The van der Waals surface area contributed by atoms with Crippen molar-refractivity contribution in [3.8, 4) is 11.5 Å². The number of benzene rings is 2. The van der Waals surface area contributed by atoms with Crippen molar-refractivity contribution in [3.05, 3.63) is 48.0 Å². The van der Waals surface area contributed by atoms with E-state index in [0.29, 0.717) is 17.4 Å². The SMILES string of the molecule is COc1cccc([C@H]2[C@@H](C(=O)Nc3nc4ccccc4[nH]3)CC(=O)N2C)c1OC. The molecule has 1 aliphatic heterocycles. The number of carbonyl (C=O) groups excluding carboxylic acids is 2. The molecule has 0 radical (unpaired) electrons. The third kappa shape index (κ3) is 3.26. The molecular weight excluding hydrogens is 372 g/mol. The molecular formula is C21H22N4O4. The van der Waals surface area contributed by atoms with E-state index in [0.717, 1.165) is 16.6 Å². The number of imidazole rings is 1. The third-order valence-corrected chi connectivity index (χ3v) is 5.31. The fourth-order valence-corrected chi connectivity index (χ4v) is 3.90. The zero-order valence-electron chi connectivity index (χ0n) is 16.4. The Morgan fingerprint density at radius 3 is 2.69 bits per heavy atom. The number of anilines is 1. The molecule has 2 atom stereocenters. The molecule has 0 bridgehead atoms. The summed E-state index contributed by atoms with van der Waals surface area (Å²) in [6.07, 6.45) is 0.105. The number of likely N-dealkylation sites (tertiary alicyclic amines) is 1. The lowest BCUT2D eigenvalue weighted by Gasteiger charge is -2.26. The number of hydrogen-bond acceptors (Lipinski definition) is 5. The van der Waals surface area contributed by atoms with Gasteiger partial charge in [-0.1, -0.05) is 24.3 Å². The van der Waals surface area contributed by atoms with E-state index in [4.69, 9.17) is 9.47 Å². The number of ether oxygens (including phenoxy) is 2. The molecule has 150 valence electrons. The monoisotopic (exact) mass is 394 g/mol. The van der Waals surface area contributed by atoms with Crippen LogP contribution < -0.4 is 14.8 Å². The number of aromatic amines is 1. The maximum absolute atomic E-state index is 13.1. The molecule has 1 aliphatic rings. The van der Waals surface area contributed by atoms with Crippen LogP contribution in [0.4, 0.5) is 5.95 Å². The van der Waals surface area contributed by atoms with E-state index in [1.165, 1.54) is 0 Å². The number of carbonyl (C=O) groups is 2. The van der Waals surface area contributed by atoms with E-state index in [-0.39, 0.29) is 18.2 Å². The molecule has 2 amide bonds. The summed E-state index contributed by atoms with van der Waals surface area (Å²) < 4.78 is 10.9. The predicted molar refractivity (Wildman–Crippen MR) is 108 cm³/mol. The summed E-state index contributed by atoms with van der Waals surface area (Å²) in [7, 11) is 4.79. The third-order valence-electron chi connectivity index (χ3n) is 5.31. The summed E-state index contributed by atoms with van der Waals surface area (Å²) in [6, 6.07) is 12.5. The minimum atomic E-state index is -0.596. The fourth-order valence-electron chi connectivity index (χ4n) is 3.90. The van der Waals surface area contributed by atoms with Crippen LogP contribution in [0.3, 0.4) is 0 Å². The van der Waals surface area contributed by atoms with Crippen molar-refractivity contribution in [2.45, 2.75) is 12.5 Å². The molecule has 0 unspecified atom stereocenters. The quantitative estimate of drug-likeness (QED) is 0.694. The van der Waals surface area contributed by atoms with Crippen LogP contribution in [0.5, 0.6) is 11.5 Å². The van der Waals surface area contributed by atoms with Crippen LogP contribution in [-0.2, 0) is 9.59 Å². The van der Waals surface area contributed by atoms with Gasteiger partial charge in [0.05, 0.1) is 37.2 Å². The van der Waals surface area contributed by atoms with Gasteiger partial charge >= 0.3 is 0 Å². The first-order chi connectivity index (χ1) is 14.0. The minimum Gasteiger partial charge on any atom is -0.493 e. The Hall–Kier alpha value is -3.55. The standard InChI is InChI=1S/C21H22N4O4/c1-25-17(26)11-13(18(25)12-7-6-10-16(28-2)19(12)29-3)20(27)24-21-22-14-8-4-5-9-15(14)23-21/h4-10,13,18H,11H2,1-3H3,(H2,22,23,24,27)/t13-,18-/m0/s1. The maximum Gasteiger partial charge on any atom is 0.232 e. The molecule has 3 aromatic rings. The smallest absolute Gasteiger partial charge is 0.232 e. The normalized spacial score (nSPS) is 18.9. The molecule has 2 heterocycles. The van der Waals surface area contributed by atoms with Gasteiger partial charge in [-0.3, -0.25) is 14.9 Å². The van der Waals surface area contributed by atoms with Gasteiger partial charge in [0.15, 0.2) is 11.5 Å². The number of aromatic nitrogens is 2. The summed E-state index contributed by atoms with van der Waals surface area (Å²) >= 11 is 0. The van der Waals surface area contributed by atoms with Crippen LogP contribution in [-0.4, -0.2) is 47.9 Å². The van der Waals surface area contributed by atoms with Gasteiger partial charge in [0.25, 0.3) is 0 Å². The van der Waals surface area contributed by atoms with Crippen LogP contribution in [0.25, 0.3) is 11.0 Å². The van der Waals surface area contributed by atoms with Gasteiger partial charge in [0.2, 0.25) is 17.8 Å². The molecule has 4 rings (SSSR count). The highest BCUT2D eigenvalue weighted by Crippen LogP contribution is 2.44. The zero-order chi connectivity index (χ0) is 20.5. The van der Waals surface area contributed by atoms with Crippen LogP contribution >= 0.6 is 0 Å². The molecule has 8 nitrogen and oxygen atoms in total. The first kappa shape index (κ1) is 18.8. The molecule has 2 N–H and O–H groups in total. The summed E-state index contributed by atoms with van der Waals surface area (Å²) in [5.74, 6) is 0.440. The molecule has 1 aromatic heterocycles. The fraction of sp³-hybridized carbons (Fsp3) is 0.286. The lowest BCUT2D eigenvalue weighted by Crippen LogP contribution is -2.30. The molecule has 1 fully saturated rings. The molecule has 0 saturated carbocycles. The first-order valence-corrected chi connectivity index (χ1v) is 9.25. The van der Waals surface area contributed by atoms with Crippen molar-refractivity contribution in [3.63, 3.8) is 0 Å². The van der Waals surface area contributed by atoms with Crippen LogP contribution in [0.1, 0.15) is 18.0 Å². The number of amides is 2. The number of nitrogens with zero attached hydrogens (tertiary/aromatic N) is 2. The van der Waals surface area contributed by atoms with Crippen molar-refractivity contribution in [1.29, 1.82) is 0 Å². The summed E-state index contributed by atoms with van der Waals surface area (Å²) in [6.45, 7) is 0. The Balaban J connectivity index is 1.66. The number of fused-ring (bicyclic) bond motifs is 1. The second kappa shape index (κ2) is 7.46. The summed E-state index contributed by atoms with van der Waals surface area (Å²) in [5, 5.41) is 2.82. The summed E-state index contributed by atoms with van der Waals surface area (Å²) in [4.78, 5) is 34.6. The average Bonchev–Trinajstić information content (AvgIpc) is 3.27. The Kier molecular flexibility index (Phi) is 4.84. The molecule has 0 aliphatic carbocycles. The van der Waals surface area contributed by atoms with Gasteiger partial charge in [-0.25, -0.2) is 4.98 Å². The Bertz CT molecular complexity index is 1040. The van der Waals surface area contributed by atoms with Gasteiger partial charge in [-0.15, -0.1) is 0 Å². The van der Waals surface area contributed by atoms with E-state index < -0.39 is 12.0 Å². The highest BCUT2D eigenvalue weighted by Gasteiger charge is 2.44. The first-order valence-electron chi connectivity index (χ1n) is 9.25. The highest BCUT2D eigenvalue weighted by atomic mass is 16.5. The largest absolute Gasteiger partial charge is 0.493 e. The van der Waals surface area contributed by atoms with Crippen molar-refractivity contribution >= 4 is 28.8 Å². The highest BCUT2D eigenvalue weighted by molar-refractivity contribution is 5.98. The zero-order valence-corrected chi connectivity index (χ0v) is 16.4. The van der Waals surface area contributed by atoms with E-state index in [1.807, 2.05) is 36.4 Å². The maximum atomic E-state index is 13.1. The van der Waals surface area contributed by atoms with Gasteiger partial charge in [-0.2, -0.15) is 0 Å². The number of para-hydroxylation sites is 3. The van der Waals surface area contributed by atoms with Gasteiger partial charge in [0, 0.05) is 19.0 Å². The second-order valence-electron chi connectivity index (χ2n) is 6.93.